The Labute approximate surface area is 276 Å². The van der Waals surface area contributed by atoms with Crippen LogP contribution in [0.4, 0.5) is 9.59 Å². The maximum Gasteiger partial charge on any atom is 0.408 e. The quantitative estimate of drug-likeness (QED) is 0.247. The molecule has 0 radical (unpaired) electrons. The summed E-state index contributed by atoms with van der Waals surface area (Å²) in [7, 11) is 0. The van der Waals surface area contributed by atoms with Crippen molar-refractivity contribution >= 4 is 34.8 Å². The number of alkyl carbamates (subject to hydrolysis) is 2. The van der Waals surface area contributed by atoms with Gasteiger partial charge in [0, 0.05) is 19.1 Å². The van der Waals surface area contributed by atoms with Crippen LogP contribution in [0.3, 0.4) is 0 Å². The van der Waals surface area contributed by atoms with Crippen LogP contribution in [0.5, 0.6) is 5.75 Å². The van der Waals surface area contributed by atoms with Gasteiger partial charge in [0.15, 0.2) is 0 Å². The lowest BCUT2D eigenvalue weighted by molar-refractivity contribution is -0.124. The monoisotopic (exact) mass is 646 g/mol. The SMILES string of the molecule is CC(C)(C)OC(=O)NC[C@@H]1C[C@H](NC(=O)[C@H](CCc2ccccc2)NC(=O)OC(C)(C)C)CN1C(=O)c1cc2ccccc2cc1O. The first-order chi connectivity index (χ1) is 22.1. The van der Waals surface area contributed by atoms with Gasteiger partial charge in [0.25, 0.3) is 5.91 Å². The van der Waals surface area contributed by atoms with E-state index in [0.717, 1.165) is 16.3 Å². The third kappa shape index (κ3) is 10.4. The maximum absolute atomic E-state index is 13.9. The van der Waals surface area contributed by atoms with Gasteiger partial charge in [-0.3, -0.25) is 9.59 Å². The smallest absolute Gasteiger partial charge is 0.408 e. The molecule has 4 amide bonds. The lowest BCUT2D eigenvalue weighted by atomic mass is 10.0. The molecule has 0 aliphatic carbocycles. The summed E-state index contributed by atoms with van der Waals surface area (Å²) >= 11 is 0. The Morgan fingerprint density at radius 3 is 2.11 bits per heavy atom. The molecule has 1 heterocycles. The van der Waals surface area contributed by atoms with E-state index in [-0.39, 0.29) is 24.4 Å². The molecule has 11 nitrogen and oxygen atoms in total. The molecule has 4 rings (SSSR count). The Kier molecular flexibility index (Phi) is 11.0. The van der Waals surface area contributed by atoms with Crippen molar-refractivity contribution in [3.05, 3.63) is 77.9 Å². The predicted molar refractivity (Wildman–Crippen MR) is 179 cm³/mol. The fraction of sp³-hybridized carbons (Fsp3) is 0.444. The van der Waals surface area contributed by atoms with Gasteiger partial charge in [0.05, 0.1) is 11.6 Å². The number of carbonyl (C=O) groups is 4. The molecule has 3 aromatic carbocycles. The van der Waals surface area contributed by atoms with E-state index in [1.165, 1.54) is 0 Å². The second-order valence-electron chi connectivity index (χ2n) is 13.9. The summed E-state index contributed by atoms with van der Waals surface area (Å²) in [5.74, 6) is -1.02. The second-order valence-corrected chi connectivity index (χ2v) is 13.9. The van der Waals surface area contributed by atoms with E-state index in [1.807, 2.05) is 54.6 Å². The zero-order valence-electron chi connectivity index (χ0n) is 28.0. The number of phenolic OH excluding ortho intramolecular Hbond substituents is 1. The zero-order valence-corrected chi connectivity index (χ0v) is 28.0. The van der Waals surface area contributed by atoms with Crippen LogP contribution in [0.15, 0.2) is 66.7 Å². The van der Waals surface area contributed by atoms with Crippen molar-refractivity contribution in [3.8, 4) is 5.75 Å². The molecule has 252 valence electrons. The number of likely N-dealkylation sites (tertiary alicyclic amines) is 1. The summed E-state index contributed by atoms with van der Waals surface area (Å²) in [6.07, 6.45) is -0.166. The molecule has 1 aliphatic rings. The highest BCUT2D eigenvalue weighted by atomic mass is 16.6. The molecule has 1 aliphatic heterocycles. The number of aryl methyl sites for hydroxylation is 1. The average molecular weight is 647 g/mol. The fourth-order valence-corrected chi connectivity index (χ4v) is 5.51. The molecule has 0 aromatic heterocycles. The number of nitrogens with one attached hydrogen (secondary N) is 3. The molecular formula is C36H46N4O7. The third-order valence-electron chi connectivity index (χ3n) is 7.57. The molecule has 1 fully saturated rings. The molecule has 47 heavy (non-hydrogen) atoms. The van der Waals surface area contributed by atoms with Crippen LogP contribution in [-0.2, 0) is 20.7 Å². The number of phenols is 1. The van der Waals surface area contributed by atoms with Gasteiger partial charge in [0.1, 0.15) is 23.0 Å². The highest BCUT2D eigenvalue weighted by Crippen LogP contribution is 2.29. The second kappa shape index (κ2) is 14.7. The first kappa shape index (κ1) is 35.1. The van der Waals surface area contributed by atoms with Gasteiger partial charge in [-0.1, -0.05) is 54.6 Å². The summed E-state index contributed by atoms with van der Waals surface area (Å²) < 4.78 is 10.8. The van der Waals surface area contributed by atoms with Gasteiger partial charge in [-0.15, -0.1) is 0 Å². The highest BCUT2D eigenvalue weighted by Gasteiger charge is 2.38. The number of carbonyl (C=O) groups excluding carboxylic acids is 4. The van der Waals surface area contributed by atoms with Crippen molar-refractivity contribution in [2.75, 3.05) is 13.1 Å². The van der Waals surface area contributed by atoms with E-state index in [0.29, 0.717) is 19.3 Å². The molecule has 3 aromatic rings. The Morgan fingerprint density at radius 2 is 1.47 bits per heavy atom. The van der Waals surface area contributed by atoms with Crippen molar-refractivity contribution in [3.63, 3.8) is 0 Å². The molecular weight excluding hydrogens is 600 g/mol. The molecule has 0 saturated carbocycles. The molecule has 4 N–H and O–H groups in total. The fourth-order valence-electron chi connectivity index (χ4n) is 5.51. The van der Waals surface area contributed by atoms with E-state index in [1.54, 1.807) is 58.6 Å². The zero-order chi connectivity index (χ0) is 34.4. The topological polar surface area (TPSA) is 146 Å². The third-order valence-corrected chi connectivity index (χ3v) is 7.57. The molecule has 0 spiro atoms. The maximum atomic E-state index is 13.9. The number of benzene rings is 3. The van der Waals surface area contributed by atoms with Crippen LogP contribution in [0.25, 0.3) is 10.8 Å². The Morgan fingerprint density at radius 1 is 0.872 bits per heavy atom. The van der Waals surface area contributed by atoms with Gasteiger partial charge in [-0.2, -0.15) is 0 Å². The number of amides is 4. The van der Waals surface area contributed by atoms with E-state index < -0.39 is 53.3 Å². The minimum absolute atomic E-state index is 0.0644. The van der Waals surface area contributed by atoms with Gasteiger partial charge in [-0.25, -0.2) is 9.59 Å². The van der Waals surface area contributed by atoms with Crippen molar-refractivity contribution < 1.29 is 33.8 Å². The highest BCUT2D eigenvalue weighted by molar-refractivity contribution is 6.02. The summed E-state index contributed by atoms with van der Waals surface area (Å²) in [4.78, 5) is 54.4. The number of aromatic hydroxyl groups is 1. The summed E-state index contributed by atoms with van der Waals surface area (Å²) in [6, 6.07) is 18.3. The first-order valence-corrected chi connectivity index (χ1v) is 15.9. The van der Waals surface area contributed by atoms with Crippen LogP contribution in [0.1, 0.15) is 70.3 Å². The molecule has 0 bridgehead atoms. The summed E-state index contributed by atoms with van der Waals surface area (Å²) in [6.45, 7) is 10.7. The lowest BCUT2D eigenvalue weighted by Gasteiger charge is -2.26. The van der Waals surface area contributed by atoms with Crippen LogP contribution >= 0.6 is 0 Å². The Hall–Kier alpha value is -4.80. The number of nitrogens with zero attached hydrogens (tertiary/aromatic N) is 1. The first-order valence-electron chi connectivity index (χ1n) is 15.9. The Balaban J connectivity index is 1.53. The van der Waals surface area contributed by atoms with E-state index in [4.69, 9.17) is 9.47 Å². The van der Waals surface area contributed by atoms with Crippen molar-refractivity contribution in [1.82, 2.24) is 20.9 Å². The molecule has 1 saturated heterocycles. The molecule has 11 heteroatoms. The van der Waals surface area contributed by atoms with Gasteiger partial charge >= 0.3 is 12.2 Å². The van der Waals surface area contributed by atoms with Crippen molar-refractivity contribution in [1.29, 1.82) is 0 Å². The minimum atomic E-state index is -0.905. The Bertz CT molecular complexity index is 1580. The van der Waals surface area contributed by atoms with Gasteiger partial charge in [-0.05, 0) is 89.3 Å². The molecule has 3 atom stereocenters. The number of hydrogen-bond donors (Lipinski definition) is 4. The van der Waals surface area contributed by atoms with Crippen LogP contribution < -0.4 is 16.0 Å². The summed E-state index contributed by atoms with van der Waals surface area (Å²) in [5.41, 5.74) is -0.333. The van der Waals surface area contributed by atoms with E-state index >= 15 is 0 Å². The molecule has 0 unspecified atom stereocenters. The van der Waals surface area contributed by atoms with E-state index in [9.17, 15) is 24.3 Å². The van der Waals surface area contributed by atoms with Gasteiger partial charge < -0.3 is 35.4 Å². The van der Waals surface area contributed by atoms with Crippen LogP contribution in [-0.4, -0.2) is 76.4 Å². The standard InChI is InChI=1S/C36H46N4O7/c1-35(2,3)46-33(44)37-21-27-20-26(22-40(27)32(43)28-18-24-14-10-11-15-25(24)19-30(28)41)38-31(42)29(39-34(45)47-36(4,5)6)17-16-23-12-8-7-9-13-23/h7-15,18-19,26-27,29,41H,16-17,20-22H2,1-6H3,(H,37,44)(H,38,42)(H,39,45)/t26-,27-,29-/m0/s1. The van der Waals surface area contributed by atoms with Gasteiger partial charge in [0.2, 0.25) is 5.91 Å². The predicted octanol–water partition coefficient (Wildman–Crippen LogP) is 5.30. The van der Waals surface area contributed by atoms with E-state index in [2.05, 4.69) is 16.0 Å². The number of rotatable bonds is 9. The average Bonchev–Trinajstić information content (AvgIpc) is 3.38. The van der Waals surface area contributed by atoms with Crippen molar-refractivity contribution in [2.45, 2.75) is 90.1 Å². The van der Waals surface area contributed by atoms with Crippen molar-refractivity contribution in [2.24, 2.45) is 0 Å². The normalized spacial score (nSPS) is 17.1. The largest absolute Gasteiger partial charge is 0.507 e. The summed E-state index contributed by atoms with van der Waals surface area (Å²) in [5, 5.41) is 20.9. The minimum Gasteiger partial charge on any atom is -0.507 e. The lowest BCUT2D eigenvalue weighted by Crippen LogP contribution is -2.51. The number of ether oxygens (including phenoxy) is 2. The number of fused-ring (bicyclic) bond motifs is 1. The van der Waals surface area contributed by atoms with Crippen LogP contribution in [0, 0.1) is 0 Å². The number of hydrogen-bond acceptors (Lipinski definition) is 7. The van der Waals surface area contributed by atoms with Crippen LogP contribution in [0.2, 0.25) is 0 Å².